The van der Waals surface area contributed by atoms with Crippen LogP contribution in [-0.2, 0) is 4.79 Å². The second-order valence-corrected chi connectivity index (χ2v) is 3.51. The van der Waals surface area contributed by atoms with E-state index in [1.165, 1.54) is 6.42 Å². The summed E-state index contributed by atoms with van der Waals surface area (Å²) in [5.41, 5.74) is 0. The van der Waals surface area contributed by atoms with E-state index in [1.54, 1.807) is 11.0 Å². The van der Waals surface area contributed by atoms with Crippen LogP contribution in [0.25, 0.3) is 0 Å². The van der Waals surface area contributed by atoms with Gasteiger partial charge in [0.05, 0.1) is 6.04 Å². The van der Waals surface area contributed by atoms with Crippen molar-refractivity contribution in [2.24, 2.45) is 0 Å². The van der Waals surface area contributed by atoms with E-state index < -0.39 is 0 Å². The Morgan fingerprint density at radius 1 is 1.69 bits per heavy atom. The summed E-state index contributed by atoms with van der Waals surface area (Å²) in [5, 5.41) is 3.23. The summed E-state index contributed by atoms with van der Waals surface area (Å²) >= 11 is 0. The van der Waals surface area contributed by atoms with E-state index in [-0.39, 0.29) is 11.9 Å². The first kappa shape index (κ1) is 10.3. The van der Waals surface area contributed by atoms with Gasteiger partial charge in [-0.3, -0.25) is 4.79 Å². The van der Waals surface area contributed by atoms with Crippen molar-refractivity contribution in [1.29, 1.82) is 0 Å². The minimum atomic E-state index is 0.0405. The van der Waals surface area contributed by atoms with E-state index in [2.05, 4.69) is 11.9 Å². The monoisotopic (exact) mass is 182 g/mol. The predicted molar refractivity (Wildman–Crippen MR) is 53.5 cm³/mol. The molecule has 3 heteroatoms. The lowest BCUT2D eigenvalue weighted by atomic mass is 10.0. The highest BCUT2D eigenvalue weighted by Gasteiger charge is 2.22. The fraction of sp³-hybridized carbons (Fsp3) is 0.700. The molecule has 0 aliphatic carbocycles. The Bertz CT molecular complexity index is 185. The van der Waals surface area contributed by atoms with Gasteiger partial charge in [0.25, 0.3) is 0 Å². The zero-order valence-corrected chi connectivity index (χ0v) is 8.25. The summed E-state index contributed by atoms with van der Waals surface area (Å²) in [6, 6.07) is 0.0405. The molecule has 1 saturated heterocycles. The SMILES string of the molecule is C=CCN(C)C(=O)[C@H]1CCCCN1. The molecule has 13 heavy (non-hydrogen) atoms. The molecule has 0 saturated carbocycles. The number of nitrogens with one attached hydrogen (secondary N) is 1. The normalized spacial score (nSPS) is 22.4. The van der Waals surface area contributed by atoms with Gasteiger partial charge in [0.15, 0.2) is 0 Å². The number of piperidine rings is 1. The Labute approximate surface area is 79.8 Å². The highest BCUT2D eigenvalue weighted by molar-refractivity contribution is 5.81. The van der Waals surface area contributed by atoms with Gasteiger partial charge in [0.1, 0.15) is 0 Å². The fourth-order valence-corrected chi connectivity index (χ4v) is 1.61. The Morgan fingerprint density at radius 2 is 2.46 bits per heavy atom. The number of rotatable bonds is 3. The quantitative estimate of drug-likeness (QED) is 0.654. The summed E-state index contributed by atoms with van der Waals surface area (Å²) in [5.74, 6) is 0.194. The van der Waals surface area contributed by atoms with Crippen LogP contribution in [0.5, 0.6) is 0 Å². The number of hydrogen-bond donors (Lipinski definition) is 1. The van der Waals surface area contributed by atoms with Crippen LogP contribution in [0.1, 0.15) is 19.3 Å². The number of carbonyl (C=O) groups excluding carboxylic acids is 1. The van der Waals surface area contributed by atoms with E-state index in [9.17, 15) is 4.79 Å². The minimum Gasteiger partial charge on any atom is -0.341 e. The van der Waals surface area contributed by atoms with Crippen LogP contribution in [0.2, 0.25) is 0 Å². The molecule has 0 spiro atoms. The molecule has 1 rings (SSSR count). The zero-order chi connectivity index (χ0) is 9.68. The molecular formula is C10H18N2O. The summed E-state index contributed by atoms with van der Waals surface area (Å²) in [7, 11) is 1.82. The van der Waals surface area contributed by atoms with E-state index in [0.29, 0.717) is 6.54 Å². The van der Waals surface area contributed by atoms with Crippen LogP contribution < -0.4 is 5.32 Å². The third-order valence-electron chi connectivity index (χ3n) is 2.39. The van der Waals surface area contributed by atoms with Crippen molar-refractivity contribution in [3.63, 3.8) is 0 Å². The van der Waals surface area contributed by atoms with Crippen LogP contribution in [-0.4, -0.2) is 37.0 Å². The standard InChI is InChI=1S/C10H18N2O/c1-3-8-12(2)10(13)9-6-4-5-7-11-9/h3,9,11H,1,4-8H2,2H3/t9-/m1/s1. The van der Waals surface area contributed by atoms with Gasteiger partial charge in [-0.1, -0.05) is 12.5 Å². The molecule has 1 amide bonds. The molecule has 1 heterocycles. The molecule has 1 aliphatic heterocycles. The summed E-state index contributed by atoms with van der Waals surface area (Å²) in [4.78, 5) is 13.4. The molecule has 0 aromatic heterocycles. The van der Waals surface area contributed by atoms with Crippen molar-refractivity contribution in [3.8, 4) is 0 Å². The van der Waals surface area contributed by atoms with Crippen molar-refractivity contribution in [1.82, 2.24) is 10.2 Å². The topological polar surface area (TPSA) is 32.3 Å². The van der Waals surface area contributed by atoms with Gasteiger partial charge in [-0.15, -0.1) is 6.58 Å². The number of hydrogen-bond acceptors (Lipinski definition) is 2. The molecule has 1 atom stereocenters. The number of likely N-dealkylation sites (N-methyl/N-ethyl adjacent to an activating group) is 1. The average Bonchev–Trinajstić information content (AvgIpc) is 2.18. The van der Waals surface area contributed by atoms with Crippen molar-refractivity contribution < 1.29 is 4.79 Å². The van der Waals surface area contributed by atoms with Crippen molar-refractivity contribution in [2.75, 3.05) is 20.1 Å². The molecule has 0 aromatic carbocycles. The third kappa shape index (κ3) is 2.84. The Kier molecular flexibility index (Phi) is 3.96. The van der Waals surface area contributed by atoms with E-state index in [1.807, 2.05) is 7.05 Å². The van der Waals surface area contributed by atoms with Crippen molar-refractivity contribution in [2.45, 2.75) is 25.3 Å². The molecule has 0 unspecified atom stereocenters. The molecular weight excluding hydrogens is 164 g/mol. The molecule has 1 N–H and O–H groups in total. The molecule has 0 radical (unpaired) electrons. The van der Waals surface area contributed by atoms with Gasteiger partial charge in [-0.2, -0.15) is 0 Å². The molecule has 1 aliphatic rings. The average molecular weight is 182 g/mol. The first-order chi connectivity index (χ1) is 6.25. The second-order valence-electron chi connectivity index (χ2n) is 3.51. The van der Waals surface area contributed by atoms with Crippen LogP contribution in [0.15, 0.2) is 12.7 Å². The Balaban J connectivity index is 2.40. The molecule has 0 aromatic rings. The maximum atomic E-state index is 11.7. The first-order valence-corrected chi connectivity index (χ1v) is 4.85. The highest BCUT2D eigenvalue weighted by atomic mass is 16.2. The van der Waals surface area contributed by atoms with Crippen LogP contribution in [0.3, 0.4) is 0 Å². The number of nitrogens with zero attached hydrogens (tertiary/aromatic N) is 1. The van der Waals surface area contributed by atoms with Gasteiger partial charge in [0.2, 0.25) is 5.91 Å². The van der Waals surface area contributed by atoms with Gasteiger partial charge in [-0.25, -0.2) is 0 Å². The smallest absolute Gasteiger partial charge is 0.239 e. The first-order valence-electron chi connectivity index (χ1n) is 4.85. The maximum absolute atomic E-state index is 11.7. The summed E-state index contributed by atoms with van der Waals surface area (Å²) in [6.45, 7) is 5.22. The molecule has 1 fully saturated rings. The maximum Gasteiger partial charge on any atom is 0.239 e. The molecule has 0 bridgehead atoms. The van der Waals surface area contributed by atoms with Gasteiger partial charge in [-0.05, 0) is 19.4 Å². The van der Waals surface area contributed by atoms with E-state index >= 15 is 0 Å². The van der Waals surface area contributed by atoms with Crippen molar-refractivity contribution >= 4 is 5.91 Å². The lowest BCUT2D eigenvalue weighted by Crippen LogP contribution is -2.47. The third-order valence-corrected chi connectivity index (χ3v) is 2.39. The summed E-state index contributed by atoms with van der Waals surface area (Å²) in [6.07, 6.45) is 5.07. The Morgan fingerprint density at radius 3 is 3.00 bits per heavy atom. The minimum absolute atomic E-state index is 0.0405. The van der Waals surface area contributed by atoms with Gasteiger partial charge >= 0.3 is 0 Å². The predicted octanol–water partition coefficient (Wildman–Crippen LogP) is 0.773. The lowest BCUT2D eigenvalue weighted by Gasteiger charge is -2.26. The largest absolute Gasteiger partial charge is 0.341 e. The molecule has 74 valence electrons. The number of amides is 1. The number of carbonyl (C=O) groups is 1. The summed E-state index contributed by atoms with van der Waals surface area (Å²) < 4.78 is 0. The van der Waals surface area contributed by atoms with Crippen molar-refractivity contribution in [3.05, 3.63) is 12.7 Å². The van der Waals surface area contributed by atoms with E-state index in [4.69, 9.17) is 0 Å². The van der Waals surface area contributed by atoms with Crippen LogP contribution >= 0.6 is 0 Å². The Hall–Kier alpha value is -0.830. The van der Waals surface area contributed by atoms with E-state index in [0.717, 1.165) is 19.4 Å². The lowest BCUT2D eigenvalue weighted by molar-refractivity contribution is -0.132. The second kappa shape index (κ2) is 5.02. The van der Waals surface area contributed by atoms with Gasteiger partial charge in [0, 0.05) is 13.6 Å². The van der Waals surface area contributed by atoms with Crippen LogP contribution in [0, 0.1) is 0 Å². The highest BCUT2D eigenvalue weighted by Crippen LogP contribution is 2.08. The zero-order valence-electron chi connectivity index (χ0n) is 8.25. The molecule has 3 nitrogen and oxygen atoms in total. The van der Waals surface area contributed by atoms with Gasteiger partial charge < -0.3 is 10.2 Å². The van der Waals surface area contributed by atoms with Crippen LogP contribution in [0.4, 0.5) is 0 Å². The fourth-order valence-electron chi connectivity index (χ4n) is 1.61.